The zero-order valence-electron chi connectivity index (χ0n) is 10.4. The molecule has 3 N–H and O–H groups in total. The van der Waals surface area contributed by atoms with Crippen LogP contribution in [0.15, 0.2) is 0 Å². The number of rotatable bonds is 6. The Bertz CT molecular complexity index is 300. The number of methoxy groups -OCH3 is 1. The number of amides is 2. The average molecular weight is 244 g/mol. The molecule has 1 fully saturated rings. The fraction of sp³-hybridized carbons (Fsp3) is 0.818. The molecule has 1 aliphatic carbocycles. The predicted molar refractivity (Wildman–Crippen MR) is 61.8 cm³/mol. The average Bonchev–Trinajstić information content (AvgIpc) is 2.95. The van der Waals surface area contributed by atoms with Crippen molar-refractivity contribution < 1.29 is 19.4 Å². The van der Waals surface area contributed by atoms with E-state index in [2.05, 4.69) is 10.6 Å². The van der Waals surface area contributed by atoms with E-state index in [4.69, 9.17) is 9.84 Å². The summed E-state index contributed by atoms with van der Waals surface area (Å²) in [5, 5.41) is 14.1. The minimum Gasteiger partial charge on any atom is -0.480 e. The van der Waals surface area contributed by atoms with Crippen LogP contribution in [0, 0.1) is 5.92 Å². The molecule has 0 spiro atoms. The van der Waals surface area contributed by atoms with Crippen molar-refractivity contribution in [2.75, 3.05) is 13.7 Å². The molecular formula is C11H20N2O4. The normalized spacial score (nSPS) is 17.4. The van der Waals surface area contributed by atoms with E-state index in [0.29, 0.717) is 6.61 Å². The van der Waals surface area contributed by atoms with Gasteiger partial charge in [-0.3, -0.25) is 0 Å². The molecule has 1 aliphatic rings. The highest BCUT2D eigenvalue weighted by Crippen LogP contribution is 2.32. The molecule has 6 heteroatoms. The number of carbonyl (C=O) groups excluding carboxylic acids is 1. The summed E-state index contributed by atoms with van der Waals surface area (Å²) in [4.78, 5) is 22.6. The van der Waals surface area contributed by atoms with Gasteiger partial charge in [0.2, 0.25) is 0 Å². The number of carboxylic acid groups (broad SMARTS) is 1. The van der Waals surface area contributed by atoms with Crippen LogP contribution in [0.1, 0.15) is 26.7 Å². The van der Waals surface area contributed by atoms with Crippen LogP contribution in [0.2, 0.25) is 0 Å². The Kier molecular flexibility index (Phi) is 4.34. The van der Waals surface area contributed by atoms with E-state index in [1.54, 1.807) is 7.11 Å². The summed E-state index contributed by atoms with van der Waals surface area (Å²) in [6, 6.07) is -1.25. The van der Waals surface area contributed by atoms with Gasteiger partial charge < -0.3 is 20.5 Å². The Morgan fingerprint density at radius 2 is 2.06 bits per heavy atom. The zero-order valence-corrected chi connectivity index (χ0v) is 10.4. The minimum atomic E-state index is -0.979. The summed E-state index contributed by atoms with van der Waals surface area (Å²) >= 11 is 0. The maximum Gasteiger partial charge on any atom is 0.326 e. The highest BCUT2D eigenvalue weighted by molar-refractivity contribution is 5.83. The summed E-state index contributed by atoms with van der Waals surface area (Å²) in [7, 11) is 1.55. The maximum absolute atomic E-state index is 11.6. The standard InChI is InChI=1S/C11H20N2O4/c1-11(2,6-17-3)13-10(16)12-8(9(14)15)7-4-5-7/h7-8H,4-6H2,1-3H3,(H,14,15)(H2,12,13,16). The van der Waals surface area contributed by atoms with Crippen molar-refractivity contribution in [3.63, 3.8) is 0 Å². The summed E-state index contributed by atoms with van der Waals surface area (Å²) in [6.45, 7) is 3.98. The summed E-state index contributed by atoms with van der Waals surface area (Å²) in [5.41, 5.74) is -0.522. The van der Waals surface area contributed by atoms with Gasteiger partial charge in [0.05, 0.1) is 12.1 Å². The number of nitrogens with one attached hydrogen (secondary N) is 2. The lowest BCUT2D eigenvalue weighted by atomic mass is 10.1. The van der Waals surface area contributed by atoms with E-state index in [9.17, 15) is 9.59 Å². The van der Waals surface area contributed by atoms with Crippen LogP contribution in [0.4, 0.5) is 4.79 Å². The maximum atomic E-state index is 11.6. The van der Waals surface area contributed by atoms with Crippen LogP contribution in [0.25, 0.3) is 0 Å². The van der Waals surface area contributed by atoms with Crippen molar-refractivity contribution in [1.82, 2.24) is 10.6 Å². The quantitative estimate of drug-likeness (QED) is 0.637. The van der Waals surface area contributed by atoms with E-state index >= 15 is 0 Å². The van der Waals surface area contributed by atoms with Crippen molar-refractivity contribution in [2.24, 2.45) is 5.92 Å². The van der Waals surface area contributed by atoms with E-state index in [1.807, 2.05) is 13.8 Å². The molecule has 0 aromatic heterocycles. The topological polar surface area (TPSA) is 87.7 Å². The molecule has 0 saturated heterocycles. The van der Waals surface area contributed by atoms with Gasteiger partial charge in [0.25, 0.3) is 0 Å². The van der Waals surface area contributed by atoms with Crippen LogP contribution >= 0.6 is 0 Å². The molecule has 6 nitrogen and oxygen atoms in total. The smallest absolute Gasteiger partial charge is 0.326 e. The highest BCUT2D eigenvalue weighted by atomic mass is 16.5. The largest absolute Gasteiger partial charge is 0.480 e. The van der Waals surface area contributed by atoms with Crippen molar-refractivity contribution in [1.29, 1.82) is 0 Å². The number of urea groups is 1. The molecule has 0 heterocycles. The van der Waals surface area contributed by atoms with Crippen molar-refractivity contribution >= 4 is 12.0 Å². The van der Waals surface area contributed by atoms with E-state index < -0.39 is 23.6 Å². The van der Waals surface area contributed by atoms with Crippen LogP contribution in [-0.4, -0.2) is 42.4 Å². The zero-order chi connectivity index (χ0) is 13.1. The monoisotopic (exact) mass is 244 g/mol. The van der Waals surface area contributed by atoms with E-state index in [-0.39, 0.29) is 5.92 Å². The van der Waals surface area contributed by atoms with Gasteiger partial charge in [-0.1, -0.05) is 0 Å². The van der Waals surface area contributed by atoms with Gasteiger partial charge in [0, 0.05) is 7.11 Å². The van der Waals surface area contributed by atoms with Crippen LogP contribution in [0.5, 0.6) is 0 Å². The highest BCUT2D eigenvalue weighted by Gasteiger charge is 2.37. The molecule has 98 valence electrons. The van der Waals surface area contributed by atoms with Gasteiger partial charge in [-0.15, -0.1) is 0 Å². The first-order valence-corrected chi connectivity index (χ1v) is 5.66. The second-order valence-electron chi connectivity index (χ2n) is 5.07. The van der Waals surface area contributed by atoms with Crippen LogP contribution in [0.3, 0.4) is 0 Å². The lowest BCUT2D eigenvalue weighted by molar-refractivity contribution is -0.139. The van der Waals surface area contributed by atoms with Gasteiger partial charge in [-0.25, -0.2) is 9.59 Å². The molecular weight excluding hydrogens is 224 g/mol. The number of ether oxygens (including phenoxy) is 1. The third-order valence-corrected chi connectivity index (χ3v) is 2.60. The van der Waals surface area contributed by atoms with Gasteiger partial charge in [0.15, 0.2) is 0 Å². The Hall–Kier alpha value is -1.30. The first-order chi connectivity index (χ1) is 7.85. The molecule has 17 heavy (non-hydrogen) atoms. The van der Waals surface area contributed by atoms with Crippen LogP contribution in [-0.2, 0) is 9.53 Å². The lowest BCUT2D eigenvalue weighted by Gasteiger charge is -2.26. The Morgan fingerprint density at radius 1 is 1.47 bits per heavy atom. The Morgan fingerprint density at radius 3 is 2.47 bits per heavy atom. The Balaban J connectivity index is 2.44. The van der Waals surface area contributed by atoms with Gasteiger partial charge in [-0.2, -0.15) is 0 Å². The summed E-state index contributed by atoms with van der Waals surface area (Å²) in [5.74, 6) is -0.906. The van der Waals surface area contributed by atoms with Gasteiger partial charge in [-0.05, 0) is 32.6 Å². The first kappa shape index (κ1) is 13.8. The molecule has 1 saturated carbocycles. The second kappa shape index (κ2) is 5.35. The third-order valence-electron chi connectivity index (χ3n) is 2.60. The van der Waals surface area contributed by atoms with Crippen molar-refractivity contribution in [2.45, 2.75) is 38.3 Å². The molecule has 1 unspecified atom stereocenters. The van der Waals surface area contributed by atoms with Crippen LogP contribution < -0.4 is 10.6 Å². The first-order valence-electron chi connectivity index (χ1n) is 5.66. The van der Waals surface area contributed by atoms with Crippen molar-refractivity contribution in [3.8, 4) is 0 Å². The third kappa shape index (κ3) is 4.60. The fourth-order valence-electron chi connectivity index (χ4n) is 1.69. The van der Waals surface area contributed by atoms with E-state index in [1.165, 1.54) is 0 Å². The SMILES string of the molecule is COCC(C)(C)NC(=O)NC(C(=O)O)C1CC1. The van der Waals surface area contributed by atoms with Gasteiger partial charge in [0.1, 0.15) is 6.04 Å². The second-order valence-corrected chi connectivity index (χ2v) is 5.07. The molecule has 1 atom stereocenters. The fourth-order valence-corrected chi connectivity index (χ4v) is 1.69. The molecule has 1 rings (SSSR count). The number of hydrogen-bond donors (Lipinski definition) is 3. The summed E-state index contributed by atoms with van der Waals surface area (Å²) < 4.78 is 4.96. The molecule has 0 bridgehead atoms. The predicted octanol–water partition coefficient (Wildman–Crippen LogP) is 0.574. The number of aliphatic carboxylic acids is 1. The molecule has 0 radical (unpaired) electrons. The van der Waals surface area contributed by atoms with Gasteiger partial charge >= 0.3 is 12.0 Å². The van der Waals surface area contributed by atoms with E-state index in [0.717, 1.165) is 12.8 Å². The molecule has 0 aromatic carbocycles. The Labute approximate surface area is 101 Å². The minimum absolute atomic E-state index is 0.0730. The molecule has 2 amide bonds. The lowest BCUT2D eigenvalue weighted by Crippen LogP contribution is -2.54. The number of carbonyl (C=O) groups is 2. The molecule has 0 aliphatic heterocycles. The number of hydrogen-bond acceptors (Lipinski definition) is 3. The van der Waals surface area contributed by atoms with Crippen molar-refractivity contribution in [3.05, 3.63) is 0 Å². The molecule has 0 aromatic rings. The summed E-state index contributed by atoms with van der Waals surface area (Å²) in [6.07, 6.45) is 1.72. The number of carboxylic acids is 1.